The molecule has 7 heteroatoms. The lowest BCUT2D eigenvalue weighted by molar-refractivity contribution is -0.386. The van der Waals surface area contributed by atoms with Crippen molar-refractivity contribution in [1.29, 1.82) is 0 Å². The number of nitro benzene ring substituents is 1. The van der Waals surface area contributed by atoms with Crippen molar-refractivity contribution < 1.29 is 14.5 Å². The molecule has 0 saturated carbocycles. The molecular weight excluding hydrogens is 236 g/mol. The molecule has 1 amide bonds. The highest BCUT2D eigenvalue weighted by molar-refractivity contribution is 6.30. The predicted molar refractivity (Wildman–Crippen MR) is 55.3 cm³/mol. The van der Waals surface area contributed by atoms with E-state index in [1.165, 1.54) is 18.2 Å². The van der Waals surface area contributed by atoms with Gasteiger partial charge in [-0.1, -0.05) is 11.6 Å². The number of carbonyl (C=O) groups is 1. The highest BCUT2D eigenvalue weighted by Crippen LogP contribution is 2.31. The molecule has 0 bridgehead atoms. The van der Waals surface area contributed by atoms with Crippen LogP contribution < -0.4 is 5.32 Å². The Morgan fingerprint density at radius 1 is 1.56 bits per heavy atom. The molecule has 1 atom stereocenters. The van der Waals surface area contributed by atoms with Gasteiger partial charge in [0.05, 0.1) is 17.0 Å². The van der Waals surface area contributed by atoms with Crippen molar-refractivity contribution in [2.75, 3.05) is 6.54 Å². The number of hydrogen-bond acceptors (Lipinski definition) is 4. The molecule has 1 N–H and O–H groups in total. The second-order valence-corrected chi connectivity index (χ2v) is 3.67. The van der Waals surface area contributed by atoms with E-state index in [0.717, 1.165) is 0 Å². The van der Waals surface area contributed by atoms with Crippen LogP contribution in [0.5, 0.6) is 0 Å². The maximum Gasteiger partial charge on any atom is 0.407 e. The number of rotatable bonds is 2. The average Bonchev–Trinajstić information content (AvgIpc) is 2.64. The van der Waals surface area contributed by atoms with Crippen LogP contribution in [0.15, 0.2) is 18.2 Å². The molecule has 1 aliphatic heterocycles. The van der Waals surface area contributed by atoms with Crippen LogP contribution in [-0.4, -0.2) is 17.6 Å². The summed E-state index contributed by atoms with van der Waals surface area (Å²) >= 11 is 5.75. The van der Waals surface area contributed by atoms with Gasteiger partial charge in [0.15, 0.2) is 6.10 Å². The summed E-state index contributed by atoms with van der Waals surface area (Å²) in [6.45, 7) is 0.208. The standard InChI is InChI=1S/C9H7ClN2O4/c10-5-1-2-7(12(14)15)6(3-5)8-4-11-9(13)16-8/h1-3,8H,4H2,(H,11,13). The lowest BCUT2D eigenvalue weighted by atomic mass is 10.1. The zero-order valence-corrected chi connectivity index (χ0v) is 8.73. The molecule has 1 aromatic carbocycles. The molecule has 0 aliphatic carbocycles. The number of amides is 1. The number of ether oxygens (including phenoxy) is 1. The van der Waals surface area contributed by atoms with E-state index in [0.29, 0.717) is 10.6 Å². The van der Waals surface area contributed by atoms with Gasteiger partial charge in [-0.2, -0.15) is 0 Å². The number of halogens is 1. The first-order chi connectivity index (χ1) is 7.58. The first-order valence-electron chi connectivity index (χ1n) is 4.46. The SMILES string of the molecule is O=C1NCC(c2cc(Cl)ccc2[N+](=O)[O-])O1. The van der Waals surface area contributed by atoms with Gasteiger partial charge >= 0.3 is 6.09 Å². The fourth-order valence-corrected chi connectivity index (χ4v) is 1.69. The Morgan fingerprint density at radius 3 is 2.88 bits per heavy atom. The molecule has 0 aromatic heterocycles. The number of cyclic esters (lactones) is 1. The zero-order chi connectivity index (χ0) is 11.7. The molecule has 1 unspecified atom stereocenters. The van der Waals surface area contributed by atoms with Gasteiger partial charge in [-0.05, 0) is 12.1 Å². The summed E-state index contributed by atoms with van der Waals surface area (Å²) in [6.07, 6.45) is -1.24. The topological polar surface area (TPSA) is 81.5 Å². The van der Waals surface area contributed by atoms with Crippen LogP contribution in [0.2, 0.25) is 5.02 Å². The van der Waals surface area contributed by atoms with Crippen LogP contribution in [0.25, 0.3) is 0 Å². The highest BCUT2D eigenvalue weighted by Gasteiger charge is 2.30. The van der Waals surface area contributed by atoms with E-state index in [1.807, 2.05) is 0 Å². The molecule has 84 valence electrons. The maximum absolute atomic E-state index is 10.9. The quantitative estimate of drug-likeness (QED) is 0.635. The van der Waals surface area contributed by atoms with Gasteiger partial charge in [-0.25, -0.2) is 4.79 Å². The lowest BCUT2D eigenvalue weighted by Crippen LogP contribution is -2.12. The minimum absolute atomic E-state index is 0.106. The Balaban J connectivity index is 2.41. The number of alkyl carbamates (subject to hydrolysis) is 1. The van der Waals surface area contributed by atoms with E-state index < -0.39 is 17.1 Å². The van der Waals surface area contributed by atoms with Crippen LogP contribution in [0, 0.1) is 10.1 Å². The third-order valence-corrected chi connectivity index (χ3v) is 2.45. The predicted octanol–water partition coefficient (Wildman–Crippen LogP) is 2.03. The maximum atomic E-state index is 10.9. The second-order valence-electron chi connectivity index (χ2n) is 3.24. The Labute approximate surface area is 95.3 Å². The molecule has 2 rings (SSSR count). The molecule has 6 nitrogen and oxygen atoms in total. The summed E-state index contributed by atoms with van der Waals surface area (Å²) in [5.74, 6) is 0. The van der Waals surface area contributed by atoms with Crippen molar-refractivity contribution in [2.45, 2.75) is 6.10 Å². The number of hydrogen-bond donors (Lipinski definition) is 1. The minimum atomic E-state index is -0.661. The first-order valence-corrected chi connectivity index (χ1v) is 4.84. The molecule has 0 radical (unpaired) electrons. The zero-order valence-electron chi connectivity index (χ0n) is 7.97. The fourth-order valence-electron chi connectivity index (χ4n) is 1.51. The molecule has 1 aliphatic rings. The van der Waals surface area contributed by atoms with Crippen LogP contribution in [0.3, 0.4) is 0 Å². The number of nitro groups is 1. The third kappa shape index (κ3) is 1.92. The Kier molecular flexibility index (Phi) is 2.66. The van der Waals surface area contributed by atoms with Crippen LogP contribution in [0.1, 0.15) is 11.7 Å². The Bertz CT molecular complexity index is 463. The summed E-state index contributed by atoms with van der Waals surface area (Å²) in [7, 11) is 0. The summed E-state index contributed by atoms with van der Waals surface area (Å²) in [4.78, 5) is 21.1. The van der Waals surface area contributed by atoms with Crippen molar-refractivity contribution in [1.82, 2.24) is 5.32 Å². The normalized spacial score (nSPS) is 19.1. The molecular formula is C9H7ClN2O4. The van der Waals surface area contributed by atoms with Crippen LogP contribution in [-0.2, 0) is 4.74 Å². The number of nitrogens with zero attached hydrogens (tertiary/aromatic N) is 1. The average molecular weight is 243 g/mol. The molecule has 1 fully saturated rings. The van der Waals surface area contributed by atoms with Gasteiger partial charge in [0.1, 0.15) is 0 Å². The van der Waals surface area contributed by atoms with E-state index in [1.54, 1.807) is 0 Å². The van der Waals surface area contributed by atoms with Crippen LogP contribution in [0.4, 0.5) is 10.5 Å². The van der Waals surface area contributed by atoms with Crippen molar-refractivity contribution in [2.24, 2.45) is 0 Å². The van der Waals surface area contributed by atoms with Gasteiger partial charge in [0.2, 0.25) is 0 Å². The number of nitrogens with one attached hydrogen (secondary N) is 1. The van der Waals surface area contributed by atoms with Crippen molar-refractivity contribution in [3.8, 4) is 0 Å². The molecule has 16 heavy (non-hydrogen) atoms. The molecule has 1 aromatic rings. The molecule has 1 heterocycles. The van der Waals surface area contributed by atoms with E-state index in [9.17, 15) is 14.9 Å². The summed E-state index contributed by atoms with van der Waals surface area (Å²) < 4.78 is 4.88. The van der Waals surface area contributed by atoms with Crippen molar-refractivity contribution in [3.05, 3.63) is 38.9 Å². The Morgan fingerprint density at radius 2 is 2.31 bits per heavy atom. The van der Waals surface area contributed by atoms with Gasteiger partial charge in [-0.3, -0.25) is 10.1 Å². The molecule has 1 saturated heterocycles. The fraction of sp³-hybridized carbons (Fsp3) is 0.222. The molecule has 0 spiro atoms. The number of carbonyl (C=O) groups excluding carboxylic acids is 1. The third-order valence-electron chi connectivity index (χ3n) is 2.21. The Hall–Kier alpha value is -1.82. The second kappa shape index (κ2) is 3.97. The lowest BCUT2D eigenvalue weighted by Gasteiger charge is -2.08. The van der Waals surface area contributed by atoms with Crippen molar-refractivity contribution >= 4 is 23.4 Å². The largest absolute Gasteiger partial charge is 0.439 e. The van der Waals surface area contributed by atoms with E-state index in [-0.39, 0.29) is 12.2 Å². The number of benzene rings is 1. The summed E-state index contributed by atoms with van der Waals surface area (Å²) in [5, 5.41) is 13.6. The highest BCUT2D eigenvalue weighted by atomic mass is 35.5. The monoisotopic (exact) mass is 242 g/mol. The summed E-state index contributed by atoms with van der Waals surface area (Å²) in [6, 6.07) is 4.15. The van der Waals surface area contributed by atoms with Gasteiger partial charge < -0.3 is 10.1 Å². The van der Waals surface area contributed by atoms with E-state index in [2.05, 4.69) is 5.32 Å². The van der Waals surface area contributed by atoms with Gasteiger partial charge in [0.25, 0.3) is 5.69 Å². The van der Waals surface area contributed by atoms with E-state index >= 15 is 0 Å². The van der Waals surface area contributed by atoms with Gasteiger partial charge in [-0.15, -0.1) is 0 Å². The van der Waals surface area contributed by atoms with E-state index in [4.69, 9.17) is 16.3 Å². The minimum Gasteiger partial charge on any atom is -0.439 e. The van der Waals surface area contributed by atoms with Crippen LogP contribution >= 0.6 is 11.6 Å². The smallest absolute Gasteiger partial charge is 0.407 e. The summed E-state index contributed by atoms with van der Waals surface area (Å²) in [5.41, 5.74) is 0.196. The first kappa shape index (κ1) is 10.7. The van der Waals surface area contributed by atoms with Crippen molar-refractivity contribution in [3.63, 3.8) is 0 Å². The van der Waals surface area contributed by atoms with Gasteiger partial charge in [0, 0.05) is 11.1 Å².